The number of amides is 2. The number of rotatable bonds is 5. The van der Waals surface area contributed by atoms with E-state index < -0.39 is 0 Å². The molecule has 1 aliphatic heterocycles. The number of anilines is 1. The second kappa shape index (κ2) is 8.44. The molecule has 0 aliphatic carbocycles. The molecule has 1 fully saturated rings. The Balaban J connectivity index is 0.00000220. The van der Waals surface area contributed by atoms with Gasteiger partial charge in [-0.25, -0.2) is 0 Å². The van der Waals surface area contributed by atoms with Gasteiger partial charge in [-0.15, -0.1) is 19.0 Å². The number of carbonyl (C=O) groups excluding carboxylic acids is 2. The molecular weight excluding hydrogens is 290 g/mol. The van der Waals surface area contributed by atoms with E-state index in [9.17, 15) is 9.59 Å². The van der Waals surface area contributed by atoms with Crippen LogP contribution in [-0.4, -0.2) is 30.9 Å². The first-order valence-corrected chi connectivity index (χ1v) is 6.74. The van der Waals surface area contributed by atoms with E-state index in [1.165, 1.54) is 0 Å². The van der Waals surface area contributed by atoms with Crippen molar-refractivity contribution in [2.45, 2.75) is 18.9 Å². The van der Waals surface area contributed by atoms with Crippen molar-refractivity contribution in [3.63, 3.8) is 0 Å². The molecule has 6 heteroatoms. The van der Waals surface area contributed by atoms with Crippen molar-refractivity contribution >= 4 is 29.9 Å². The highest BCUT2D eigenvalue weighted by molar-refractivity contribution is 5.97. The molecule has 5 nitrogen and oxygen atoms in total. The standard InChI is InChI=1S/C15H19N3O2.ClH/c1-2-9-17-14(19)11-5-7-12(8-6-11)18-15(20)13-4-3-10-16-13;/h2,5-8,13,16H,1,3-4,9-10H2,(H,17,19)(H,18,20);1H/t13-;/m0./s1. The van der Waals surface area contributed by atoms with Crippen molar-refractivity contribution in [1.29, 1.82) is 0 Å². The lowest BCUT2D eigenvalue weighted by molar-refractivity contribution is -0.117. The van der Waals surface area contributed by atoms with Gasteiger partial charge in [0.1, 0.15) is 0 Å². The highest BCUT2D eigenvalue weighted by Crippen LogP contribution is 2.12. The molecule has 0 saturated carbocycles. The molecule has 0 aromatic heterocycles. The highest BCUT2D eigenvalue weighted by Gasteiger charge is 2.21. The summed E-state index contributed by atoms with van der Waals surface area (Å²) in [7, 11) is 0. The van der Waals surface area contributed by atoms with Gasteiger partial charge in [0.2, 0.25) is 5.91 Å². The number of halogens is 1. The minimum atomic E-state index is -0.153. The van der Waals surface area contributed by atoms with E-state index in [0.717, 1.165) is 19.4 Å². The van der Waals surface area contributed by atoms with Gasteiger partial charge in [0, 0.05) is 17.8 Å². The van der Waals surface area contributed by atoms with E-state index in [2.05, 4.69) is 22.5 Å². The molecule has 114 valence electrons. The second-order valence-electron chi connectivity index (χ2n) is 4.71. The largest absolute Gasteiger partial charge is 0.349 e. The minimum Gasteiger partial charge on any atom is -0.349 e. The summed E-state index contributed by atoms with van der Waals surface area (Å²) in [6.45, 7) is 4.87. The molecular formula is C15H20ClN3O2. The van der Waals surface area contributed by atoms with Crippen LogP contribution in [0.4, 0.5) is 5.69 Å². The van der Waals surface area contributed by atoms with Gasteiger partial charge in [0.05, 0.1) is 6.04 Å². The van der Waals surface area contributed by atoms with E-state index in [-0.39, 0.29) is 30.3 Å². The summed E-state index contributed by atoms with van der Waals surface area (Å²) in [5.74, 6) is -0.174. The smallest absolute Gasteiger partial charge is 0.251 e. The van der Waals surface area contributed by atoms with Gasteiger partial charge in [-0.1, -0.05) is 6.08 Å². The Morgan fingerprint density at radius 2 is 2.05 bits per heavy atom. The van der Waals surface area contributed by atoms with Crippen LogP contribution in [0.1, 0.15) is 23.2 Å². The molecule has 21 heavy (non-hydrogen) atoms. The Morgan fingerprint density at radius 3 is 2.62 bits per heavy atom. The quantitative estimate of drug-likeness (QED) is 0.725. The van der Waals surface area contributed by atoms with Crippen molar-refractivity contribution in [3.8, 4) is 0 Å². The van der Waals surface area contributed by atoms with Gasteiger partial charge in [0.25, 0.3) is 5.91 Å². The van der Waals surface area contributed by atoms with Crippen molar-refractivity contribution < 1.29 is 9.59 Å². The fourth-order valence-electron chi connectivity index (χ4n) is 2.11. The third-order valence-electron chi connectivity index (χ3n) is 3.20. The van der Waals surface area contributed by atoms with E-state index in [1.54, 1.807) is 30.3 Å². The Hall–Kier alpha value is -1.85. The normalized spacial score (nSPS) is 16.7. The number of hydrogen-bond donors (Lipinski definition) is 3. The third-order valence-corrected chi connectivity index (χ3v) is 3.20. The van der Waals surface area contributed by atoms with Gasteiger partial charge in [-0.05, 0) is 43.7 Å². The Morgan fingerprint density at radius 1 is 1.33 bits per heavy atom. The average Bonchev–Trinajstić information content (AvgIpc) is 3.00. The molecule has 2 amide bonds. The zero-order valence-corrected chi connectivity index (χ0v) is 12.5. The fourth-order valence-corrected chi connectivity index (χ4v) is 2.11. The first kappa shape index (κ1) is 17.2. The molecule has 0 unspecified atom stereocenters. The summed E-state index contributed by atoms with van der Waals surface area (Å²) in [5, 5.41) is 8.69. The van der Waals surface area contributed by atoms with Crippen LogP contribution in [0.2, 0.25) is 0 Å². The van der Waals surface area contributed by atoms with Crippen LogP contribution in [-0.2, 0) is 4.79 Å². The second-order valence-corrected chi connectivity index (χ2v) is 4.71. The number of benzene rings is 1. The van der Waals surface area contributed by atoms with Gasteiger partial charge < -0.3 is 16.0 Å². The third kappa shape index (κ3) is 4.88. The molecule has 1 aliphatic rings. The van der Waals surface area contributed by atoms with E-state index in [1.807, 2.05) is 0 Å². The topological polar surface area (TPSA) is 70.2 Å². The predicted molar refractivity (Wildman–Crippen MR) is 85.9 cm³/mol. The van der Waals surface area contributed by atoms with Crippen molar-refractivity contribution in [3.05, 3.63) is 42.5 Å². The lowest BCUT2D eigenvalue weighted by atomic mass is 10.1. The summed E-state index contributed by atoms with van der Waals surface area (Å²) in [4.78, 5) is 23.6. The van der Waals surface area contributed by atoms with Crippen LogP contribution in [0.25, 0.3) is 0 Å². The van der Waals surface area contributed by atoms with Gasteiger partial charge in [-0.2, -0.15) is 0 Å². The Kier molecular flexibility index (Phi) is 6.91. The van der Waals surface area contributed by atoms with Gasteiger partial charge in [0.15, 0.2) is 0 Å². The molecule has 2 rings (SSSR count). The zero-order chi connectivity index (χ0) is 14.4. The Labute approximate surface area is 130 Å². The summed E-state index contributed by atoms with van der Waals surface area (Å²) in [5.41, 5.74) is 1.26. The maximum atomic E-state index is 11.9. The van der Waals surface area contributed by atoms with Crippen LogP contribution >= 0.6 is 12.4 Å². The van der Waals surface area contributed by atoms with E-state index in [0.29, 0.717) is 17.8 Å². The summed E-state index contributed by atoms with van der Waals surface area (Å²) in [6, 6.07) is 6.74. The van der Waals surface area contributed by atoms with Crippen LogP contribution in [0, 0.1) is 0 Å². The SMILES string of the molecule is C=CCNC(=O)c1ccc(NC(=O)[C@@H]2CCCN2)cc1.Cl. The molecule has 1 aromatic carbocycles. The molecule has 0 bridgehead atoms. The summed E-state index contributed by atoms with van der Waals surface area (Å²) < 4.78 is 0. The lowest BCUT2D eigenvalue weighted by Crippen LogP contribution is -2.35. The highest BCUT2D eigenvalue weighted by atomic mass is 35.5. The molecule has 0 radical (unpaired) electrons. The van der Waals surface area contributed by atoms with Crippen molar-refractivity contribution in [2.24, 2.45) is 0 Å². The van der Waals surface area contributed by atoms with Crippen LogP contribution in [0.5, 0.6) is 0 Å². The molecule has 1 aromatic rings. The van der Waals surface area contributed by atoms with Gasteiger partial charge >= 0.3 is 0 Å². The molecule has 0 spiro atoms. The van der Waals surface area contributed by atoms with E-state index >= 15 is 0 Å². The zero-order valence-electron chi connectivity index (χ0n) is 11.7. The van der Waals surface area contributed by atoms with Crippen molar-refractivity contribution in [2.75, 3.05) is 18.4 Å². The summed E-state index contributed by atoms with van der Waals surface area (Å²) >= 11 is 0. The van der Waals surface area contributed by atoms with E-state index in [4.69, 9.17) is 0 Å². The van der Waals surface area contributed by atoms with Crippen LogP contribution in [0.15, 0.2) is 36.9 Å². The number of hydrogen-bond acceptors (Lipinski definition) is 3. The minimum absolute atomic E-state index is 0. The molecule has 1 atom stereocenters. The van der Waals surface area contributed by atoms with Crippen molar-refractivity contribution in [1.82, 2.24) is 10.6 Å². The molecule has 1 heterocycles. The van der Waals surface area contributed by atoms with Crippen LogP contribution in [0.3, 0.4) is 0 Å². The number of nitrogens with one attached hydrogen (secondary N) is 3. The maximum Gasteiger partial charge on any atom is 0.251 e. The number of carbonyl (C=O) groups is 2. The first-order chi connectivity index (χ1) is 9.70. The first-order valence-electron chi connectivity index (χ1n) is 6.74. The average molecular weight is 310 g/mol. The summed E-state index contributed by atoms with van der Waals surface area (Å²) in [6.07, 6.45) is 3.52. The molecule has 3 N–H and O–H groups in total. The predicted octanol–water partition coefficient (Wildman–Crippen LogP) is 1.71. The van der Waals surface area contributed by atoms with Crippen LogP contribution < -0.4 is 16.0 Å². The fraction of sp³-hybridized carbons (Fsp3) is 0.333. The monoisotopic (exact) mass is 309 g/mol. The molecule has 1 saturated heterocycles. The lowest BCUT2D eigenvalue weighted by Gasteiger charge is -2.11. The van der Waals surface area contributed by atoms with Gasteiger partial charge in [-0.3, -0.25) is 9.59 Å². The maximum absolute atomic E-state index is 11.9. The Bertz CT molecular complexity index is 496.